The number of hydrogen-bond acceptors (Lipinski definition) is 16. The number of aliphatic hydroxyl groups is 4. The van der Waals surface area contributed by atoms with Gasteiger partial charge in [0.05, 0.1) is 48.8 Å². The molecule has 2 saturated heterocycles. The predicted octanol–water partition coefficient (Wildman–Crippen LogP) is -1.36. The fourth-order valence-electron chi connectivity index (χ4n) is 6.19. The van der Waals surface area contributed by atoms with Crippen molar-refractivity contribution in [3.63, 3.8) is 0 Å². The van der Waals surface area contributed by atoms with E-state index in [0.29, 0.717) is 16.6 Å². The molecule has 22 heteroatoms. The van der Waals surface area contributed by atoms with E-state index in [0.717, 1.165) is 0 Å². The molecular formula is C22H34FN5O13P2S. The molecule has 13 atom stereocenters. The van der Waals surface area contributed by atoms with E-state index in [2.05, 4.69) is 15.0 Å². The second-order valence-electron chi connectivity index (χ2n) is 10.9. The van der Waals surface area contributed by atoms with Crippen LogP contribution in [0.25, 0.3) is 11.0 Å². The minimum Gasteiger partial charge on any atom is -0.393 e. The number of nitrogens with two attached hydrogens (primary N) is 1. The second-order valence-corrected chi connectivity index (χ2v) is 15.2. The largest absolute Gasteiger partial charge is 0.481 e. The number of halogens is 1. The summed E-state index contributed by atoms with van der Waals surface area (Å²) in [5.74, 6) is -5.66. The summed E-state index contributed by atoms with van der Waals surface area (Å²) in [7, 11) is -0.308. The topological polar surface area (TPSA) is 265 Å². The Kier molecular flexibility index (Phi) is 9.59. The first-order chi connectivity index (χ1) is 20.5. The molecule has 1 saturated carbocycles. The molecule has 3 aliphatic rings. The highest BCUT2D eigenvalue weighted by molar-refractivity contribution is 8.08. The normalized spacial score (nSPS) is 38.8. The van der Waals surface area contributed by atoms with Crippen LogP contribution in [0.4, 0.5) is 10.2 Å². The lowest BCUT2D eigenvalue weighted by molar-refractivity contribution is -0.426. The summed E-state index contributed by atoms with van der Waals surface area (Å²) in [5.41, 5.74) is 7.56. The number of hydrogen-bond donors (Lipinski definition) is 8. The SMILES string of the molecule is CO[C@@H]1[C@H](N(C)C)[C@@H](COP(O)(=S)OP(=O)(O)OC2OC3(O)C2C(O)C(O)C3[C@@H](F)CO)O[C@H]1c1c[nH]c2c(N)ncnc12. The maximum atomic E-state index is 14.2. The zero-order chi connectivity index (χ0) is 32.4. The van der Waals surface area contributed by atoms with Crippen LogP contribution in [0.3, 0.4) is 0 Å². The van der Waals surface area contributed by atoms with Crippen molar-refractivity contribution in [1.29, 1.82) is 0 Å². The van der Waals surface area contributed by atoms with Gasteiger partial charge in [-0.15, -0.1) is 0 Å². The van der Waals surface area contributed by atoms with Gasteiger partial charge in [0.1, 0.15) is 36.3 Å². The number of aromatic nitrogens is 3. The van der Waals surface area contributed by atoms with Crippen LogP contribution in [0.1, 0.15) is 11.7 Å². The van der Waals surface area contributed by atoms with Crippen LogP contribution in [0.5, 0.6) is 0 Å². The zero-order valence-electron chi connectivity index (χ0n) is 23.5. The van der Waals surface area contributed by atoms with E-state index in [1.807, 2.05) is 0 Å². The molecule has 1 aliphatic carbocycles. The Hall–Kier alpha value is -1.29. The number of aromatic amines is 1. The Morgan fingerprint density at radius 1 is 1.30 bits per heavy atom. The average Bonchev–Trinajstić information content (AvgIpc) is 3.56. The van der Waals surface area contributed by atoms with E-state index >= 15 is 0 Å². The summed E-state index contributed by atoms with van der Waals surface area (Å²) in [4.78, 5) is 34.0. The smallest absolute Gasteiger partial charge is 0.393 e. The maximum absolute atomic E-state index is 14.2. The van der Waals surface area contributed by atoms with Gasteiger partial charge >= 0.3 is 14.5 Å². The van der Waals surface area contributed by atoms with Crippen LogP contribution in [-0.4, -0.2) is 133 Å². The van der Waals surface area contributed by atoms with Gasteiger partial charge in [0.2, 0.25) is 0 Å². The van der Waals surface area contributed by atoms with E-state index in [1.54, 1.807) is 25.2 Å². The number of aliphatic hydroxyl groups excluding tert-OH is 3. The first-order valence-corrected chi connectivity index (χ1v) is 17.3. The van der Waals surface area contributed by atoms with Crippen molar-refractivity contribution in [2.75, 3.05) is 40.2 Å². The molecule has 0 spiro atoms. The van der Waals surface area contributed by atoms with Crippen LogP contribution in [0.2, 0.25) is 0 Å². The summed E-state index contributed by atoms with van der Waals surface area (Å²) >= 11 is 4.92. The molecule has 3 fully saturated rings. The third-order valence-electron chi connectivity index (χ3n) is 8.08. The number of H-pyrrole nitrogens is 1. The maximum Gasteiger partial charge on any atom is 0.481 e. The number of anilines is 1. The molecule has 248 valence electrons. The number of phosphoric acid groups is 1. The monoisotopic (exact) mass is 689 g/mol. The first-order valence-electron chi connectivity index (χ1n) is 13.2. The second kappa shape index (κ2) is 12.4. The number of likely N-dealkylation sites (N-methyl/N-ethyl adjacent to an activating group) is 1. The molecule has 18 nitrogen and oxygen atoms in total. The molecule has 44 heavy (non-hydrogen) atoms. The van der Waals surface area contributed by atoms with Crippen LogP contribution < -0.4 is 5.73 Å². The molecule has 8 unspecified atom stereocenters. The first kappa shape index (κ1) is 34.1. The Labute approximate surface area is 254 Å². The highest BCUT2D eigenvalue weighted by Gasteiger charge is 2.74. The van der Waals surface area contributed by atoms with Crippen LogP contribution in [0, 0.1) is 11.8 Å². The van der Waals surface area contributed by atoms with Crippen LogP contribution in [0.15, 0.2) is 12.5 Å². The molecule has 0 radical (unpaired) electrons. The highest BCUT2D eigenvalue weighted by atomic mass is 32.5. The quantitative estimate of drug-likeness (QED) is 0.120. The van der Waals surface area contributed by atoms with Gasteiger partial charge in [0.15, 0.2) is 17.9 Å². The zero-order valence-corrected chi connectivity index (χ0v) is 26.1. The van der Waals surface area contributed by atoms with Crippen molar-refractivity contribution in [2.24, 2.45) is 11.8 Å². The number of rotatable bonds is 12. The number of nitrogen functional groups attached to an aromatic ring is 1. The number of fused-ring (bicyclic) bond motifs is 2. The van der Waals surface area contributed by atoms with E-state index in [9.17, 15) is 34.1 Å². The summed E-state index contributed by atoms with van der Waals surface area (Å²) < 4.78 is 58.9. The van der Waals surface area contributed by atoms with E-state index < -0.39 is 94.4 Å². The fraction of sp³-hybridized carbons (Fsp3) is 0.727. The van der Waals surface area contributed by atoms with Gasteiger partial charge in [0.25, 0.3) is 0 Å². The van der Waals surface area contributed by atoms with Gasteiger partial charge in [-0.3, -0.25) is 4.52 Å². The molecule has 2 aromatic heterocycles. The van der Waals surface area contributed by atoms with Gasteiger partial charge in [0, 0.05) is 18.9 Å². The van der Waals surface area contributed by atoms with Gasteiger partial charge < -0.3 is 64.6 Å². The third-order valence-corrected chi connectivity index (χ3v) is 11.6. The molecule has 0 amide bonds. The summed E-state index contributed by atoms with van der Waals surface area (Å²) in [6.07, 6.45) is -6.95. The molecule has 5 rings (SSSR count). The Morgan fingerprint density at radius 2 is 2.00 bits per heavy atom. The number of ether oxygens (including phenoxy) is 3. The summed E-state index contributed by atoms with van der Waals surface area (Å²) in [6, 6.07) is -0.483. The molecule has 0 aromatic carbocycles. The summed E-state index contributed by atoms with van der Waals surface area (Å²) in [6.45, 7) is -6.06. The lowest BCUT2D eigenvalue weighted by atomic mass is 9.87. The van der Waals surface area contributed by atoms with Gasteiger partial charge in [-0.1, -0.05) is 0 Å². The van der Waals surface area contributed by atoms with Crippen LogP contribution in [-0.2, 0) is 43.9 Å². The van der Waals surface area contributed by atoms with Crippen molar-refractivity contribution in [3.05, 3.63) is 18.1 Å². The van der Waals surface area contributed by atoms with Gasteiger partial charge in [-0.2, -0.15) is 0 Å². The van der Waals surface area contributed by atoms with E-state index in [-0.39, 0.29) is 5.82 Å². The third kappa shape index (κ3) is 5.97. The van der Waals surface area contributed by atoms with Crippen molar-refractivity contribution in [2.45, 2.75) is 54.8 Å². The highest BCUT2D eigenvalue weighted by Crippen LogP contribution is 2.65. The van der Waals surface area contributed by atoms with Crippen molar-refractivity contribution in [3.8, 4) is 0 Å². The lowest BCUT2D eigenvalue weighted by Crippen LogP contribution is -2.64. The van der Waals surface area contributed by atoms with Crippen LogP contribution >= 0.6 is 14.5 Å². The molecule has 9 N–H and O–H groups in total. The molecular weight excluding hydrogens is 655 g/mol. The fourth-order valence-corrected chi connectivity index (χ4v) is 9.29. The van der Waals surface area contributed by atoms with Crippen molar-refractivity contribution in [1.82, 2.24) is 19.9 Å². The van der Waals surface area contributed by atoms with Crippen molar-refractivity contribution >= 4 is 43.2 Å². The molecule has 2 aromatic rings. The molecule has 4 heterocycles. The van der Waals surface area contributed by atoms with Gasteiger partial charge in [-0.25, -0.2) is 23.2 Å². The number of phosphoric ester groups is 1. The standard InChI is InChI=1S/C22H34FN5O13P2S/c1-28(2)15-10(38-18(19(15)36-3)8-4-25-14-13(8)26-7-27-20(14)24)6-37-43(35,44)41-42(33,34)40-21-12-17(31)16(30)11(9(23)5-29)22(12,32)39-21/h4,7,9-12,15-19,21,25,29-32H,5-6H2,1-3H3,(H,33,34)(H,35,44)(H2,24,26,27)/t9-,10+,11?,12?,15+,16?,17?,18-,19+,21?,22?,43?/m0/s1. The van der Waals surface area contributed by atoms with Crippen molar-refractivity contribution < 1.29 is 66.7 Å². The lowest BCUT2D eigenvalue weighted by Gasteiger charge is -2.49. The number of nitrogens with one attached hydrogen (secondary N) is 1. The van der Waals surface area contributed by atoms with E-state index in [4.69, 9.17) is 50.2 Å². The molecule has 2 aliphatic heterocycles. The summed E-state index contributed by atoms with van der Waals surface area (Å²) in [5, 5.41) is 40.1. The molecule has 0 bridgehead atoms. The number of methoxy groups -OCH3 is 1. The van der Waals surface area contributed by atoms with Gasteiger partial charge in [-0.05, 0) is 25.9 Å². The van der Waals surface area contributed by atoms with E-state index in [1.165, 1.54) is 13.4 Å². The Balaban J connectivity index is 1.25. The average molecular weight is 690 g/mol. The number of alkyl halides is 1. The Bertz CT molecular complexity index is 1460. The predicted molar refractivity (Wildman–Crippen MR) is 149 cm³/mol. The Morgan fingerprint density at radius 3 is 2.64 bits per heavy atom. The minimum absolute atomic E-state index is 0.234. The number of nitrogens with zero attached hydrogens (tertiary/aromatic N) is 3. The minimum atomic E-state index is -5.32.